The summed E-state index contributed by atoms with van der Waals surface area (Å²) in [6.45, 7) is 3.93. The van der Waals surface area contributed by atoms with Crippen LogP contribution in [0.2, 0.25) is 0 Å². The molecule has 1 fully saturated rings. The first-order valence-corrected chi connectivity index (χ1v) is 9.37. The minimum Gasteiger partial charge on any atom is -0.465 e. The molecule has 1 aliphatic rings. The molecule has 1 aromatic heterocycles. The second-order valence-corrected chi connectivity index (χ2v) is 7.01. The predicted molar refractivity (Wildman–Crippen MR) is 101 cm³/mol. The molecule has 7 heteroatoms. The lowest BCUT2D eigenvalue weighted by atomic mass is 10.1. The predicted octanol–water partition coefficient (Wildman–Crippen LogP) is 2.34. The SMILES string of the molecule is COC(=O)c1ccc(C(=O)NCCc2ccc(N3CCOCC3)cc2)s1. The summed E-state index contributed by atoms with van der Waals surface area (Å²) in [5, 5.41) is 2.89. The molecule has 2 heterocycles. The number of ether oxygens (including phenoxy) is 2. The van der Waals surface area contributed by atoms with E-state index in [0.29, 0.717) is 16.3 Å². The van der Waals surface area contributed by atoms with Gasteiger partial charge in [-0.2, -0.15) is 0 Å². The molecule has 0 spiro atoms. The largest absolute Gasteiger partial charge is 0.465 e. The lowest BCUT2D eigenvalue weighted by molar-refractivity contribution is 0.0606. The van der Waals surface area contributed by atoms with Gasteiger partial charge in [0.05, 0.1) is 25.2 Å². The van der Waals surface area contributed by atoms with Gasteiger partial charge in [-0.05, 0) is 36.2 Å². The molecule has 1 saturated heterocycles. The van der Waals surface area contributed by atoms with Crippen LogP contribution in [-0.2, 0) is 15.9 Å². The van der Waals surface area contributed by atoms with E-state index in [0.717, 1.165) is 44.1 Å². The second kappa shape index (κ2) is 8.82. The third kappa shape index (κ3) is 4.62. The average molecular weight is 374 g/mol. The summed E-state index contributed by atoms with van der Waals surface area (Å²) in [4.78, 5) is 26.8. The van der Waals surface area contributed by atoms with Crippen LogP contribution in [0.3, 0.4) is 0 Å². The molecule has 0 atom stereocenters. The normalized spacial score (nSPS) is 14.1. The van der Waals surface area contributed by atoms with Crippen molar-refractivity contribution in [3.8, 4) is 0 Å². The van der Waals surface area contributed by atoms with E-state index < -0.39 is 5.97 Å². The van der Waals surface area contributed by atoms with Gasteiger partial charge in [-0.3, -0.25) is 4.79 Å². The quantitative estimate of drug-likeness (QED) is 0.786. The van der Waals surface area contributed by atoms with E-state index in [2.05, 4.69) is 39.2 Å². The number of nitrogens with one attached hydrogen (secondary N) is 1. The Morgan fingerprint density at radius 3 is 2.50 bits per heavy atom. The number of benzene rings is 1. The fourth-order valence-electron chi connectivity index (χ4n) is 2.77. The van der Waals surface area contributed by atoms with Crippen LogP contribution in [0.5, 0.6) is 0 Å². The van der Waals surface area contributed by atoms with Crippen molar-refractivity contribution in [1.29, 1.82) is 0 Å². The molecule has 1 aliphatic heterocycles. The summed E-state index contributed by atoms with van der Waals surface area (Å²) in [6.07, 6.45) is 0.754. The highest BCUT2D eigenvalue weighted by atomic mass is 32.1. The van der Waals surface area contributed by atoms with Gasteiger partial charge in [0.25, 0.3) is 5.91 Å². The number of thiophene rings is 1. The van der Waals surface area contributed by atoms with Crippen molar-refractivity contribution in [2.24, 2.45) is 0 Å². The lowest BCUT2D eigenvalue weighted by Crippen LogP contribution is -2.36. The minimum atomic E-state index is -0.422. The van der Waals surface area contributed by atoms with E-state index in [1.54, 1.807) is 12.1 Å². The van der Waals surface area contributed by atoms with Crippen molar-refractivity contribution >= 4 is 28.9 Å². The highest BCUT2D eigenvalue weighted by Crippen LogP contribution is 2.18. The zero-order valence-electron chi connectivity index (χ0n) is 14.7. The number of carbonyl (C=O) groups excluding carboxylic acids is 2. The number of hydrogen-bond acceptors (Lipinski definition) is 6. The number of nitrogens with zero attached hydrogens (tertiary/aromatic N) is 1. The van der Waals surface area contributed by atoms with Crippen LogP contribution in [0.4, 0.5) is 5.69 Å². The van der Waals surface area contributed by atoms with Crippen LogP contribution in [0.1, 0.15) is 24.9 Å². The minimum absolute atomic E-state index is 0.171. The molecule has 138 valence electrons. The molecule has 0 radical (unpaired) electrons. The van der Waals surface area contributed by atoms with Gasteiger partial charge in [0, 0.05) is 25.3 Å². The van der Waals surface area contributed by atoms with Crippen LogP contribution in [0.15, 0.2) is 36.4 Å². The number of amides is 1. The van der Waals surface area contributed by atoms with Crippen molar-refractivity contribution in [1.82, 2.24) is 5.32 Å². The summed E-state index contributed by atoms with van der Waals surface area (Å²) in [5.74, 6) is -0.593. The molecule has 1 amide bonds. The summed E-state index contributed by atoms with van der Waals surface area (Å²) in [6, 6.07) is 11.7. The van der Waals surface area contributed by atoms with Gasteiger partial charge in [0.1, 0.15) is 4.88 Å². The van der Waals surface area contributed by atoms with E-state index in [4.69, 9.17) is 4.74 Å². The standard InChI is InChI=1S/C19H22N2O4S/c1-24-19(23)17-7-6-16(26-17)18(22)20-9-8-14-2-4-15(5-3-14)21-10-12-25-13-11-21/h2-7H,8-13H2,1H3,(H,20,22). The van der Waals surface area contributed by atoms with Gasteiger partial charge in [-0.15, -0.1) is 11.3 Å². The topological polar surface area (TPSA) is 67.9 Å². The molecule has 0 aliphatic carbocycles. The number of morpholine rings is 1. The van der Waals surface area contributed by atoms with Crippen LogP contribution < -0.4 is 10.2 Å². The number of hydrogen-bond donors (Lipinski definition) is 1. The Balaban J connectivity index is 1.47. The van der Waals surface area contributed by atoms with Gasteiger partial charge in [0.2, 0.25) is 0 Å². The Bertz CT molecular complexity index is 751. The van der Waals surface area contributed by atoms with E-state index in [1.165, 1.54) is 18.4 Å². The summed E-state index contributed by atoms with van der Waals surface area (Å²) < 4.78 is 10.0. The molecule has 0 saturated carbocycles. The maximum absolute atomic E-state index is 12.1. The second-order valence-electron chi connectivity index (χ2n) is 5.93. The maximum Gasteiger partial charge on any atom is 0.348 e. The van der Waals surface area contributed by atoms with Gasteiger partial charge in [-0.25, -0.2) is 4.79 Å². The molecule has 3 rings (SSSR count). The van der Waals surface area contributed by atoms with Crippen LogP contribution in [-0.4, -0.2) is 51.8 Å². The van der Waals surface area contributed by atoms with Crippen molar-refractivity contribution in [3.05, 3.63) is 51.7 Å². The Hall–Kier alpha value is -2.38. The zero-order valence-corrected chi connectivity index (χ0v) is 15.5. The summed E-state index contributed by atoms with van der Waals surface area (Å²) >= 11 is 1.14. The maximum atomic E-state index is 12.1. The molecular formula is C19H22N2O4S. The first-order valence-electron chi connectivity index (χ1n) is 8.55. The molecule has 0 unspecified atom stereocenters. The number of anilines is 1. The molecular weight excluding hydrogens is 352 g/mol. The van der Waals surface area contributed by atoms with Gasteiger partial charge >= 0.3 is 5.97 Å². The molecule has 1 aromatic carbocycles. The first kappa shape index (κ1) is 18.4. The van der Waals surface area contributed by atoms with Crippen molar-refractivity contribution in [3.63, 3.8) is 0 Å². The Morgan fingerprint density at radius 2 is 1.81 bits per heavy atom. The Labute approximate surface area is 156 Å². The van der Waals surface area contributed by atoms with Gasteiger partial charge in [0.15, 0.2) is 0 Å². The van der Waals surface area contributed by atoms with Crippen molar-refractivity contribution < 1.29 is 19.1 Å². The number of esters is 1. The summed E-state index contributed by atoms with van der Waals surface area (Å²) in [5.41, 5.74) is 2.37. The zero-order chi connectivity index (χ0) is 18.4. The number of carbonyl (C=O) groups is 2. The van der Waals surface area contributed by atoms with Gasteiger partial charge < -0.3 is 19.7 Å². The number of rotatable bonds is 6. The van der Waals surface area contributed by atoms with Gasteiger partial charge in [-0.1, -0.05) is 12.1 Å². The Kier molecular flexibility index (Phi) is 6.25. The molecule has 26 heavy (non-hydrogen) atoms. The third-order valence-electron chi connectivity index (χ3n) is 4.23. The monoisotopic (exact) mass is 374 g/mol. The first-order chi connectivity index (χ1) is 12.7. The molecule has 2 aromatic rings. The van der Waals surface area contributed by atoms with E-state index in [1.807, 2.05) is 0 Å². The third-order valence-corrected chi connectivity index (χ3v) is 5.29. The fourth-order valence-corrected chi connectivity index (χ4v) is 3.61. The molecule has 6 nitrogen and oxygen atoms in total. The van der Waals surface area contributed by atoms with Crippen molar-refractivity contribution in [2.45, 2.75) is 6.42 Å². The molecule has 1 N–H and O–H groups in total. The molecule has 0 bridgehead atoms. The smallest absolute Gasteiger partial charge is 0.348 e. The summed E-state index contributed by atoms with van der Waals surface area (Å²) in [7, 11) is 1.33. The van der Waals surface area contributed by atoms with Crippen LogP contribution in [0.25, 0.3) is 0 Å². The average Bonchev–Trinajstić information content (AvgIpc) is 3.19. The van der Waals surface area contributed by atoms with Crippen molar-refractivity contribution in [2.75, 3.05) is 44.9 Å². The fraction of sp³-hybridized carbons (Fsp3) is 0.368. The van der Waals surface area contributed by atoms with Crippen LogP contribution >= 0.6 is 11.3 Å². The van der Waals surface area contributed by atoms with E-state index in [9.17, 15) is 9.59 Å². The lowest BCUT2D eigenvalue weighted by Gasteiger charge is -2.28. The van der Waals surface area contributed by atoms with Crippen LogP contribution in [0, 0.1) is 0 Å². The van der Waals surface area contributed by atoms with E-state index in [-0.39, 0.29) is 5.91 Å². The Morgan fingerprint density at radius 1 is 1.12 bits per heavy atom. The number of methoxy groups -OCH3 is 1. The highest BCUT2D eigenvalue weighted by molar-refractivity contribution is 7.15. The van der Waals surface area contributed by atoms with E-state index >= 15 is 0 Å². The highest BCUT2D eigenvalue weighted by Gasteiger charge is 2.14.